The van der Waals surface area contributed by atoms with Crippen molar-refractivity contribution in [3.8, 4) is 0 Å². The zero-order valence-corrected chi connectivity index (χ0v) is 11.6. The molecule has 0 radical (unpaired) electrons. The minimum Gasteiger partial charge on any atom is -0.384 e. The number of aromatic nitrogens is 1. The summed E-state index contributed by atoms with van der Waals surface area (Å²) in [5, 5.41) is 3.20. The predicted octanol–water partition coefficient (Wildman–Crippen LogP) is 3.02. The molecule has 18 heavy (non-hydrogen) atoms. The Morgan fingerprint density at radius 1 is 1.50 bits per heavy atom. The van der Waals surface area contributed by atoms with Crippen LogP contribution in [0.15, 0.2) is 12.1 Å². The minimum atomic E-state index is -0.267. The van der Waals surface area contributed by atoms with E-state index in [1.807, 2.05) is 6.92 Å². The van der Waals surface area contributed by atoms with E-state index in [0.29, 0.717) is 10.8 Å². The van der Waals surface area contributed by atoms with E-state index < -0.39 is 0 Å². The maximum atomic E-state index is 11.9. The normalized spacial score (nSPS) is 12.2. The topological polar surface area (TPSA) is 68.0 Å². The molecule has 1 amide bonds. The molecule has 0 aromatic carbocycles. The number of nitrogen functional groups attached to an aromatic ring is 1. The quantitative estimate of drug-likeness (QED) is 0.780. The van der Waals surface area contributed by atoms with Crippen LogP contribution in [0, 0.1) is 0 Å². The average molecular weight is 270 g/mol. The molecule has 1 aromatic rings. The van der Waals surface area contributed by atoms with Crippen molar-refractivity contribution in [2.75, 3.05) is 5.73 Å². The molecule has 0 saturated heterocycles. The summed E-state index contributed by atoms with van der Waals surface area (Å²) in [7, 11) is 0. The number of nitrogens with one attached hydrogen (secondary N) is 1. The number of hydrogen-bond acceptors (Lipinski definition) is 3. The summed E-state index contributed by atoms with van der Waals surface area (Å²) in [5.41, 5.74) is 5.74. The molecule has 1 atom stereocenters. The molecule has 0 saturated carbocycles. The number of rotatable bonds is 6. The van der Waals surface area contributed by atoms with Gasteiger partial charge >= 0.3 is 0 Å². The predicted molar refractivity (Wildman–Crippen MR) is 74.7 cm³/mol. The van der Waals surface area contributed by atoms with E-state index in [9.17, 15) is 4.79 Å². The molecule has 0 bridgehead atoms. The molecule has 0 fully saturated rings. The van der Waals surface area contributed by atoms with Gasteiger partial charge in [0.2, 0.25) is 0 Å². The molecule has 1 rings (SSSR count). The second-order valence-corrected chi connectivity index (χ2v) is 4.84. The Labute approximate surface area is 113 Å². The van der Waals surface area contributed by atoms with Gasteiger partial charge in [0.05, 0.1) is 5.02 Å². The maximum Gasteiger partial charge on any atom is 0.271 e. The van der Waals surface area contributed by atoms with Crippen LogP contribution in [0.5, 0.6) is 0 Å². The van der Waals surface area contributed by atoms with E-state index in [2.05, 4.69) is 17.2 Å². The Balaban J connectivity index is 2.56. The summed E-state index contributed by atoms with van der Waals surface area (Å²) in [6, 6.07) is 3.27. The Morgan fingerprint density at radius 3 is 2.89 bits per heavy atom. The summed E-state index contributed by atoms with van der Waals surface area (Å²) < 4.78 is 0. The SMILES string of the molecule is CCCCCC(C)NC(=O)c1nc(N)ccc1Cl. The fraction of sp³-hybridized carbons (Fsp3) is 0.538. The first-order valence-corrected chi connectivity index (χ1v) is 6.65. The first-order chi connectivity index (χ1) is 8.54. The first-order valence-electron chi connectivity index (χ1n) is 6.27. The van der Waals surface area contributed by atoms with Gasteiger partial charge < -0.3 is 11.1 Å². The molecule has 3 N–H and O–H groups in total. The second kappa shape index (κ2) is 7.21. The molecule has 1 aromatic heterocycles. The van der Waals surface area contributed by atoms with Crippen LogP contribution in [-0.2, 0) is 0 Å². The van der Waals surface area contributed by atoms with Crippen molar-refractivity contribution in [1.82, 2.24) is 10.3 Å². The van der Waals surface area contributed by atoms with Crippen molar-refractivity contribution < 1.29 is 4.79 Å². The molecular weight excluding hydrogens is 250 g/mol. The van der Waals surface area contributed by atoms with E-state index in [-0.39, 0.29) is 17.6 Å². The number of unbranched alkanes of at least 4 members (excludes halogenated alkanes) is 2. The van der Waals surface area contributed by atoms with E-state index in [1.165, 1.54) is 12.8 Å². The molecule has 100 valence electrons. The highest BCUT2D eigenvalue weighted by Gasteiger charge is 2.14. The van der Waals surface area contributed by atoms with Crippen LogP contribution in [0.4, 0.5) is 5.82 Å². The highest BCUT2D eigenvalue weighted by Crippen LogP contribution is 2.15. The fourth-order valence-electron chi connectivity index (χ4n) is 1.68. The largest absolute Gasteiger partial charge is 0.384 e. The lowest BCUT2D eigenvalue weighted by molar-refractivity contribution is 0.0933. The van der Waals surface area contributed by atoms with Crippen LogP contribution in [0.3, 0.4) is 0 Å². The zero-order valence-electron chi connectivity index (χ0n) is 10.9. The number of halogens is 1. The number of pyridine rings is 1. The Hall–Kier alpha value is -1.29. The number of amides is 1. The van der Waals surface area contributed by atoms with Crippen molar-refractivity contribution >= 4 is 23.3 Å². The van der Waals surface area contributed by atoms with Gasteiger partial charge in [0.25, 0.3) is 5.91 Å². The molecule has 0 aliphatic carbocycles. The van der Waals surface area contributed by atoms with Gasteiger partial charge in [-0.05, 0) is 25.5 Å². The number of carbonyl (C=O) groups is 1. The summed E-state index contributed by atoms with van der Waals surface area (Å²) in [6.45, 7) is 4.13. The van der Waals surface area contributed by atoms with Crippen molar-refractivity contribution in [3.63, 3.8) is 0 Å². The van der Waals surface area contributed by atoms with Gasteiger partial charge in [-0.15, -0.1) is 0 Å². The van der Waals surface area contributed by atoms with Gasteiger partial charge in [-0.2, -0.15) is 0 Å². The third kappa shape index (κ3) is 4.53. The third-order valence-corrected chi connectivity index (χ3v) is 3.01. The lowest BCUT2D eigenvalue weighted by atomic mass is 10.1. The minimum absolute atomic E-state index is 0.114. The van der Waals surface area contributed by atoms with Crippen molar-refractivity contribution in [3.05, 3.63) is 22.8 Å². The molecule has 4 nitrogen and oxygen atoms in total. The Morgan fingerprint density at radius 2 is 2.22 bits per heavy atom. The molecule has 0 aliphatic rings. The molecule has 1 unspecified atom stereocenters. The van der Waals surface area contributed by atoms with Gasteiger partial charge in [0.1, 0.15) is 11.5 Å². The molecule has 0 aliphatic heterocycles. The Bertz CT molecular complexity index is 409. The first kappa shape index (κ1) is 14.8. The van der Waals surface area contributed by atoms with E-state index in [4.69, 9.17) is 17.3 Å². The summed E-state index contributed by atoms with van der Waals surface area (Å²) >= 11 is 5.92. The molecular formula is C13H20ClN3O. The van der Waals surface area contributed by atoms with Crippen LogP contribution in [-0.4, -0.2) is 16.9 Å². The lowest BCUT2D eigenvalue weighted by Gasteiger charge is -2.13. The van der Waals surface area contributed by atoms with Crippen molar-refractivity contribution in [2.45, 2.75) is 45.6 Å². The summed E-state index contributed by atoms with van der Waals surface area (Å²) in [5.74, 6) is 0.0273. The smallest absolute Gasteiger partial charge is 0.271 e. The van der Waals surface area contributed by atoms with E-state index in [0.717, 1.165) is 12.8 Å². The standard InChI is InChI=1S/C13H20ClN3O/c1-3-4-5-6-9(2)16-13(18)12-10(14)7-8-11(15)17-12/h7-9H,3-6H2,1-2H3,(H2,15,17)(H,16,18). The van der Waals surface area contributed by atoms with Crippen molar-refractivity contribution in [2.24, 2.45) is 0 Å². The number of anilines is 1. The zero-order chi connectivity index (χ0) is 13.5. The number of hydrogen-bond donors (Lipinski definition) is 2. The monoisotopic (exact) mass is 269 g/mol. The number of carbonyl (C=O) groups excluding carboxylic acids is 1. The summed E-state index contributed by atoms with van der Waals surface area (Å²) in [4.78, 5) is 15.9. The fourth-order valence-corrected chi connectivity index (χ4v) is 1.87. The lowest BCUT2D eigenvalue weighted by Crippen LogP contribution is -2.33. The van der Waals surface area contributed by atoms with Gasteiger partial charge in [-0.1, -0.05) is 37.8 Å². The van der Waals surface area contributed by atoms with Gasteiger partial charge in [-0.3, -0.25) is 4.79 Å². The third-order valence-electron chi connectivity index (χ3n) is 2.70. The van der Waals surface area contributed by atoms with E-state index in [1.54, 1.807) is 12.1 Å². The highest BCUT2D eigenvalue weighted by atomic mass is 35.5. The molecule has 1 heterocycles. The van der Waals surface area contributed by atoms with Gasteiger partial charge in [0.15, 0.2) is 0 Å². The van der Waals surface area contributed by atoms with Crippen molar-refractivity contribution in [1.29, 1.82) is 0 Å². The summed E-state index contributed by atoms with van der Waals surface area (Å²) in [6.07, 6.45) is 4.41. The maximum absolute atomic E-state index is 11.9. The number of nitrogens with zero attached hydrogens (tertiary/aromatic N) is 1. The van der Waals surface area contributed by atoms with Gasteiger partial charge in [0, 0.05) is 6.04 Å². The molecule has 0 spiro atoms. The van der Waals surface area contributed by atoms with Crippen LogP contribution in [0.2, 0.25) is 5.02 Å². The Kier molecular flexibility index (Phi) is 5.92. The van der Waals surface area contributed by atoms with Crippen LogP contribution in [0.25, 0.3) is 0 Å². The van der Waals surface area contributed by atoms with Crippen LogP contribution in [0.1, 0.15) is 50.0 Å². The average Bonchev–Trinajstić information content (AvgIpc) is 2.32. The van der Waals surface area contributed by atoms with Crippen LogP contribution < -0.4 is 11.1 Å². The second-order valence-electron chi connectivity index (χ2n) is 4.44. The van der Waals surface area contributed by atoms with Gasteiger partial charge in [-0.25, -0.2) is 4.98 Å². The van der Waals surface area contributed by atoms with E-state index >= 15 is 0 Å². The van der Waals surface area contributed by atoms with Crippen LogP contribution >= 0.6 is 11.6 Å². The highest BCUT2D eigenvalue weighted by molar-refractivity contribution is 6.33. The molecule has 5 heteroatoms. The number of nitrogens with two attached hydrogens (primary N) is 1.